The lowest BCUT2D eigenvalue weighted by Gasteiger charge is -2.48. The number of fused-ring (bicyclic) bond motifs is 2. The summed E-state index contributed by atoms with van der Waals surface area (Å²) in [6, 6.07) is -0.598. The lowest BCUT2D eigenvalue weighted by atomic mass is 9.85. The molecule has 0 radical (unpaired) electrons. The molecule has 2 aliphatic rings. The minimum Gasteiger partial charge on any atom is -0.368 e. The molecule has 17 heavy (non-hydrogen) atoms. The molecule has 2 fully saturated rings. The summed E-state index contributed by atoms with van der Waals surface area (Å²) in [7, 11) is 0. The minimum absolute atomic E-state index is 0.150. The normalized spacial score (nSPS) is 40.6. The quantitative estimate of drug-likeness (QED) is 0.660. The van der Waals surface area contributed by atoms with Crippen molar-refractivity contribution in [3.05, 3.63) is 0 Å². The van der Waals surface area contributed by atoms with Gasteiger partial charge in [0.25, 0.3) is 0 Å². The van der Waals surface area contributed by atoms with Gasteiger partial charge in [0.2, 0.25) is 0 Å². The number of nitrogens with zero attached hydrogens (tertiary/aromatic N) is 1. The maximum atomic E-state index is 12.6. The van der Waals surface area contributed by atoms with Gasteiger partial charge in [0, 0.05) is 7.79 Å². The summed E-state index contributed by atoms with van der Waals surface area (Å²) in [6.45, 7) is 4.57. The van der Waals surface area contributed by atoms with E-state index in [1.165, 1.54) is 13.8 Å². The predicted molar refractivity (Wildman–Crippen MR) is 54.3 cm³/mol. The predicted octanol–water partition coefficient (Wildman–Crippen LogP) is 2.11. The zero-order valence-corrected chi connectivity index (χ0v) is 9.97. The van der Waals surface area contributed by atoms with Gasteiger partial charge in [0.15, 0.2) is 0 Å². The van der Waals surface area contributed by atoms with E-state index < -0.39 is 35.4 Å². The molecule has 0 aromatic heterocycles. The zero-order chi connectivity index (χ0) is 13.9. The molecule has 2 aliphatic heterocycles. The second-order valence-electron chi connectivity index (χ2n) is 5.32. The Labute approximate surface area is 99.3 Å². The van der Waals surface area contributed by atoms with Crippen molar-refractivity contribution in [1.82, 2.24) is 4.90 Å². The van der Waals surface area contributed by atoms with E-state index in [0.717, 1.165) is 4.90 Å². The Bertz CT molecular complexity index is 385. The molecule has 0 unspecified atom stereocenters. The fourth-order valence-corrected chi connectivity index (χ4v) is 2.86. The van der Waals surface area contributed by atoms with E-state index in [1.807, 2.05) is 0 Å². The number of alkyl halides is 3. The molecule has 2 rings (SSSR count). The highest BCUT2D eigenvalue weighted by Crippen LogP contribution is 2.52. The van der Waals surface area contributed by atoms with Crippen molar-refractivity contribution in [2.75, 3.05) is 0 Å². The molecule has 0 aromatic carbocycles. The van der Waals surface area contributed by atoms with Crippen molar-refractivity contribution in [1.29, 1.82) is 0 Å². The maximum absolute atomic E-state index is 12.6. The summed E-state index contributed by atoms with van der Waals surface area (Å²) in [4.78, 5) is 12.4. The van der Waals surface area contributed by atoms with Crippen molar-refractivity contribution < 1.29 is 24.1 Å². The van der Waals surface area contributed by atoms with Crippen LogP contribution in [0.2, 0.25) is 0 Å². The summed E-state index contributed by atoms with van der Waals surface area (Å²) in [5.74, 6) is -1.83. The number of likely N-dealkylation sites (tertiary alicyclic amines) is 1. The van der Waals surface area contributed by atoms with E-state index in [9.17, 15) is 18.0 Å². The highest BCUT2D eigenvalue weighted by Gasteiger charge is 2.67. The van der Waals surface area contributed by atoms with Crippen LogP contribution in [0.5, 0.6) is 0 Å². The van der Waals surface area contributed by atoms with Crippen LogP contribution in [-0.2, 0) is 9.53 Å². The Morgan fingerprint density at radius 2 is 2.12 bits per heavy atom. The smallest absolute Gasteiger partial charge is 0.368 e. The number of hydrogen-bond donors (Lipinski definition) is 0. The SMILES string of the molecule is [2H]C[C@]12C[C@H]([C@H](C)O1)N(C(=O)C(F)(F)F)C2(C)C. The molecule has 1 amide bonds. The molecule has 0 saturated carbocycles. The van der Waals surface area contributed by atoms with E-state index in [0.29, 0.717) is 6.42 Å². The summed E-state index contributed by atoms with van der Waals surface area (Å²) in [5.41, 5.74) is -2.10. The number of halogens is 3. The van der Waals surface area contributed by atoms with Crippen molar-refractivity contribution >= 4 is 5.91 Å². The van der Waals surface area contributed by atoms with Crippen LogP contribution in [-0.4, -0.2) is 40.3 Å². The molecule has 3 atom stereocenters. The van der Waals surface area contributed by atoms with Crippen LogP contribution >= 0.6 is 0 Å². The van der Waals surface area contributed by atoms with Gasteiger partial charge in [-0.05, 0) is 27.7 Å². The fourth-order valence-electron chi connectivity index (χ4n) is 2.86. The fraction of sp³-hybridized carbons (Fsp3) is 0.909. The van der Waals surface area contributed by atoms with Gasteiger partial charge >= 0.3 is 12.1 Å². The highest BCUT2D eigenvalue weighted by molar-refractivity contribution is 5.83. The number of rotatable bonds is 0. The molecule has 98 valence electrons. The minimum atomic E-state index is -4.88. The molecule has 0 N–H and O–H groups in total. The van der Waals surface area contributed by atoms with Crippen LogP contribution < -0.4 is 0 Å². The Kier molecular flexibility index (Phi) is 2.10. The lowest BCUT2D eigenvalue weighted by molar-refractivity contribution is -0.210. The molecule has 2 heterocycles. The highest BCUT2D eigenvalue weighted by atomic mass is 19.4. The molecule has 6 heteroatoms. The second kappa shape index (κ2) is 3.16. The summed E-state index contributed by atoms with van der Waals surface area (Å²) in [6.07, 6.45) is -5.05. The largest absolute Gasteiger partial charge is 0.471 e. The monoisotopic (exact) mass is 252 g/mol. The zero-order valence-electron chi connectivity index (χ0n) is 11.0. The van der Waals surface area contributed by atoms with Crippen LogP contribution in [0.3, 0.4) is 0 Å². The Hall–Kier alpha value is -0.780. The molecular weight excluding hydrogens is 235 g/mol. The molecule has 3 nitrogen and oxygen atoms in total. The van der Waals surface area contributed by atoms with Crippen molar-refractivity contribution in [2.45, 2.75) is 63.6 Å². The number of carbonyl (C=O) groups is 1. The average Bonchev–Trinajstić information content (AvgIpc) is 2.65. The van der Waals surface area contributed by atoms with Gasteiger partial charge in [0.1, 0.15) is 0 Å². The van der Waals surface area contributed by atoms with Crippen LogP contribution in [0.15, 0.2) is 0 Å². The summed E-state index contributed by atoms with van der Waals surface area (Å²) in [5, 5.41) is 0. The standard InChI is InChI=1S/C11H16F3NO2/c1-6-7-5-10(4,17-6)9(2,3)15(7)8(16)11(12,13)14/h6-7H,5H2,1-4H3/t6-,7+,10+/m0/s1/i4D. The van der Waals surface area contributed by atoms with Gasteiger partial charge in [-0.15, -0.1) is 0 Å². The third kappa shape index (κ3) is 1.49. The summed E-state index contributed by atoms with van der Waals surface area (Å²) >= 11 is 0. The van der Waals surface area contributed by atoms with Gasteiger partial charge < -0.3 is 9.64 Å². The van der Waals surface area contributed by atoms with Crippen molar-refractivity contribution in [3.8, 4) is 0 Å². The van der Waals surface area contributed by atoms with Crippen LogP contribution in [0.1, 0.15) is 35.5 Å². The number of ether oxygens (including phenoxy) is 1. The molecule has 2 bridgehead atoms. The van der Waals surface area contributed by atoms with E-state index in [2.05, 4.69) is 0 Å². The molecule has 0 aliphatic carbocycles. The molecule has 2 saturated heterocycles. The maximum Gasteiger partial charge on any atom is 0.471 e. The first-order chi connectivity index (χ1) is 8.07. The number of carbonyl (C=O) groups excluding carboxylic acids is 1. The van der Waals surface area contributed by atoms with Gasteiger partial charge in [-0.3, -0.25) is 4.79 Å². The molecular formula is C11H16F3NO2. The Morgan fingerprint density at radius 1 is 1.53 bits per heavy atom. The topological polar surface area (TPSA) is 29.5 Å². The van der Waals surface area contributed by atoms with E-state index >= 15 is 0 Å². The van der Waals surface area contributed by atoms with Gasteiger partial charge in [-0.2, -0.15) is 13.2 Å². The van der Waals surface area contributed by atoms with Gasteiger partial charge in [-0.25, -0.2) is 0 Å². The molecule has 0 aromatic rings. The second-order valence-corrected chi connectivity index (χ2v) is 5.32. The van der Waals surface area contributed by atoms with Gasteiger partial charge in [-0.1, -0.05) is 0 Å². The Morgan fingerprint density at radius 3 is 2.53 bits per heavy atom. The van der Waals surface area contributed by atoms with E-state index in [4.69, 9.17) is 6.11 Å². The van der Waals surface area contributed by atoms with E-state index in [1.54, 1.807) is 6.92 Å². The first-order valence-electron chi connectivity index (χ1n) is 6.15. The number of hydrogen-bond acceptors (Lipinski definition) is 2. The first kappa shape index (κ1) is 11.3. The summed E-state index contributed by atoms with van der Waals surface area (Å²) < 4.78 is 51.2. The van der Waals surface area contributed by atoms with Gasteiger partial charge in [0.05, 0.1) is 23.3 Å². The van der Waals surface area contributed by atoms with Crippen LogP contribution in [0.25, 0.3) is 0 Å². The number of amides is 1. The first-order valence-corrected chi connectivity index (χ1v) is 5.44. The Balaban J connectivity index is 2.41. The third-order valence-corrected chi connectivity index (χ3v) is 4.00. The van der Waals surface area contributed by atoms with E-state index in [-0.39, 0.29) is 6.90 Å². The third-order valence-electron chi connectivity index (χ3n) is 4.00. The molecule has 0 spiro atoms. The van der Waals surface area contributed by atoms with Crippen molar-refractivity contribution in [3.63, 3.8) is 0 Å². The average molecular weight is 252 g/mol. The van der Waals surface area contributed by atoms with Crippen molar-refractivity contribution in [2.24, 2.45) is 0 Å². The lowest BCUT2D eigenvalue weighted by Crippen LogP contribution is -2.64. The van der Waals surface area contributed by atoms with Crippen LogP contribution in [0, 0.1) is 0 Å². The number of morpholine rings is 1. The van der Waals surface area contributed by atoms with Crippen LogP contribution in [0.4, 0.5) is 13.2 Å².